The first-order valence-electron chi connectivity index (χ1n) is 9.37. The van der Waals surface area contributed by atoms with E-state index in [2.05, 4.69) is 4.98 Å². The summed E-state index contributed by atoms with van der Waals surface area (Å²) in [5.41, 5.74) is 1.56. The zero-order chi connectivity index (χ0) is 21.3. The average molecular weight is 423 g/mol. The predicted octanol–water partition coefficient (Wildman–Crippen LogP) is 5.96. The highest BCUT2D eigenvalue weighted by molar-refractivity contribution is 6.29. The number of halogens is 1. The quantitative estimate of drug-likeness (QED) is 0.388. The van der Waals surface area contributed by atoms with Crippen molar-refractivity contribution in [1.82, 2.24) is 9.55 Å². The second-order valence-electron chi connectivity index (χ2n) is 6.95. The Labute approximate surface area is 178 Å². The first-order chi connectivity index (χ1) is 14.4. The first-order valence-corrected chi connectivity index (χ1v) is 9.75. The Morgan fingerprint density at radius 3 is 2.43 bits per heavy atom. The van der Waals surface area contributed by atoms with E-state index in [9.17, 15) is 9.90 Å². The Bertz CT molecular complexity index is 1220. The standard InChI is InChI=1S/C23H19ClN2O4/c1-14(2)29-17-10-7-16(8-11-17)26-19-13-18(30-22-5-3-4-21(24)25-22)9-6-15(19)12-20(26)23(27)28/h3-14H,1-2H3,(H,27,28). The number of hydrogen-bond donors (Lipinski definition) is 1. The van der Waals surface area contributed by atoms with Crippen LogP contribution in [0.5, 0.6) is 17.4 Å². The van der Waals surface area contributed by atoms with Gasteiger partial charge in [0.1, 0.15) is 22.3 Å². The van der Waals surface area contributed by atoms with E-state index in [1.165, 1.54) is 0 Å². The van der Waals surface area contributed by atoms with Gasteiger partial charge in [-0.25, -0.2) is 9.78 Å². The number of benzene rings is 2. The van der Waals surface area contributed by atoms with Crippen molar-refractivity contribution >= 4 is 28.5 Å². The number of nitrogens with zero attached hydrogens (tertiary/aromatic N) is 2. The van der Waals surface area contributed by atoms with E-state index in [4.69, 9.17) is 21.1 Å². The largest absolute Gasteiger partial charge is 0.491 e. The van der Waals surface area contributed by atoms with Crippen LogP contribution < -0.4 is 9.47 Å². The molecule has 2 aromatic carbocycles. The molecular formula is C23H19ClN2O4. The van der Waals surface area contributed by atoms with Gasteiger partial charge in [0, 0.05) is 23.2 Å². The molecule has 1 N–H and O–H groups in total. The minimum Gasteiger partial charge on any atom is -0.491 e. The molecule has 2 heterocycles. The van der Waals surface area contributed by atoms with Crippen molar-refractivity contribution < 1.29 is 19.4 Å². The average Bonchev–Trinajstić information content (AvgIpc) is 3.07. The fourth-order valence-electron chi connectivity index (χ4n) is 3.19. The van der Waals surface area contributed by atoms with E-state index in [1.54, 1.807) is 41.0 Å². The van der Waals surface area contributed by atoms with E-state index in [-0.39, 0.29) is 11.8 Å². The van der Waals surface area contributed by atoms with E-state index in [1.807, 2.05) is 44.2 Å². The SMILES string of the molecule is CC(C)Oc1ccc(-n2c(C(=O)O)cc3ccc(Oc4cccc(Cl)n4)cc32)cc1. The van der Waals surface area contributed by atoms with Crippen molar-refractivity contribution in [3.05, 3.63) is 77.6 Å². The van der Waals surface area contributed by atoms with Crippen molar-refractivity contribution in [1.29, 1.82) is 0 Å². The van der Waals surface area contributed by atoms with Crippen molar-refractivity contribution in [3.8, 4) is 23.1 Å². The zero-order valence-corrected chi connectivity index (χ0v) is 17.1. The highest BCUT2D eigenvalue weighted by atomic mass is 35.5. The maximum atomic E-state index is 11.9. The van der Waals surface area contributed by atoms with Crippen LogP contribution in [0.1, 0.15) is 24.3 Å². The topological polar surface area (TPSA) is 73.6 Å². The van der Waals surface area contributed by atoms with Crippen LogP contribution in [0.25, 0.3) is 16.6 Å². The molecule has 0 bridgehead atoms. The van der Waals surface area contributed by atoms with Crippen LogP contribution in [0.3, 0.4) is 0 Å². The van der Waals surface area contributed by atoms with Gasteiger partial charge < -0.3 is 19.1 Å². The van der Waals surface area contributed by atoms with Gasteiger partial charge in [0.2, 0.25) is 5.88 Å². The van der Waals surface area contributed by atoms with Gasteiger partial charge in [0.25, 0.3) is 0 Å². The molecule has 0 radical (unpaired) electrons. The van der Waals surface area contributed by atoms with Gasteiger partial charge in [-0.05, 0) is 62.4 Å². The summed E-state index contributed by atoms with van der Waals surface area (Å²) in [7, 11) is 0. The van der Waals surface area contributed by atoms with Crippen molar-refractivity contribution in [3.63, 3.8) is 0 Å². The molecule has 152 valence electrons. The summed E-state index contributed by atoms with van der Waals surface area (Å²) < 4.78 is 13.2. The van der Waals surface area contributed by atoms with Gasteiger partial charge >= 0.3 is 5.97 Å². The van der Waals surface area contributed by atoms with E-state index >= 15 is 0 Å². The molecule has 2 aromatic heterocycles. The Hall–Kier alpha value is -3.51. The third kappa shape index (κ3) is 4.09. The number of aromatic nitrogens is 2. The molecule has 0 amide bonds. The molecular weight excluding hydrogens is 404 g/mol. The Morgan fingerprint density at radius 1 is 1.03 bits per heavy atom. The van der Waals surface area contributed by atoms with Gasteiger partial charge in [0.05, 0.1) is 11.6 Å². The highest BCUT2D eigenvalue weighted by Crippen LogP contribution is 2.31. The summed E-state index contributed by atoms with van der Waals surface area (Å²) >= 11 is 5.92. The molecule has 4 rings (SSSR count). The Kier molecular flexibility index (Phi) is 5.33. The van der Waals surface area contributed by atoms with Gasteiger partial charge in [-0.3, -0.25) is 0 Å². The smallest absolute Gasteiger partial charge is 0.352 e. The van der Waals surface area contributed by atoms with Gasteiger partial charge in [-0.2, -0.15) is 0 Å². The number of fused-ring (bicyclic) bond motifs is 1. The summed E-state index contributed by atoms with van der Waals surface area (Å²) in [4.78, 5) is 16.0. The lowest BCUT2D eigenvalue weighted by molar-refractivity contribution is 0.0688. The number of carboxylic acids is 1. The molecule has 0 atom stereocenters. The number of carboxylic acid groups (broad SMARTS) is 1. The van der Waals surface area contributed by atoms with Crippen LogP contribution >= 0.6 is 11.6 Å². The van der Waals surface area contributed by atoms with Crippen molar-refractivity contribution in [2.75, 3.05) is 0 Å². The number of aromatic carboxylic acids is 1. The zero-order valence-electron chi connectivity index (χ0n) is 16.4. The molecule has 0 unspecified atom stereocenters. The van der Waals surface area contributed by atoms with E-state index in [0.717, 1.165) is 11.1 Å². The summed E-state index contributed by atoms with van der Waals surface area (Å²) in [6.45, 7) is 3.90. The van der Waals surface area contributed by atoms with Gasteiger partial charge in [0.15, 0.2) is 0 Å². The fourth-order valence-corrected chi connectivity index (χ4v) is 3.35. The Balaban J connectivity index is 1.78. The molecule has 0 saturated carbocycles. The molecule has 7 heteroatoms. The third-order valence-electron chi connectivity index (χ3n) is 4.37. The molecule has 0 fully saturated rings. The van der Waals surface area contributed by atoms with E-state index in [0.29, 0.717) is 28.0 Å². The van der Waals surface area contributed by atoms with Crippen LogP contribution in [0, 0.1) is 0 Å². The highest BCUT2D eigenvalue weighted by Gasteiger charge is 2.17. The van der Waals surface area contributed by atoms with Crippen LogP contribution in [0.15, 0.2) is 66.7 Å². The number of ether oxygens (including phenoxy) is 2. The molecule has 0 aliphatic heterocycles. The Morgan fingerprint density at radius 2 is 1.77 bits per heavy atom. The van der Waals surface area contributed by atoms with Crippen LogP contribution in [-0.2, 0) is 0 Å². The number of rotatable bonds is 6. The summed E-state index contributed by atoms with van der Waals surface area (Å²) in [5.74, 6) is 0.577. The second kappa shape index (κ2) is 8.08. The minimum absolute atomic E-state index is 0.0534. The molecule has 0 spiro atoms. The number of hydrogen-bond acceptors (Lipinski definition) is 4. The maximum Gasteiger partial charge on any atom is 0.352 e. The van der Waals surface area contributed by atoms with Crippen LogP contribution in [0.2, 0.25) is 5.15 Å². The molecule has 4 aromatic rings. The van der Waals surface area contributed by atoms with Crippen LogP contribution in [-0.4, -0.2) is 26.7 Å². The van der Waals surface area contributed by atoms with Crippen molar-refractivity contribution in [2.24, 2.45) is 0 Å². The van der Waals surface area contributed by atoms with E-state index < -0.39 is 5.97 Å². The van der Waals surface area contributed by atoms with Crippen molar-refractivity contribution in [2.45, 2.75) is 20.0 Å². The van der Waals surface area contributed by atoms with Gasteiger partial charge in [-0.1, -0.05) is 17.7 Å². The molecule has 0 saturated heterocycles. The van der Waals surface area contributed by atoms with Crippen LogP contribution in [0.4, 0.5) is 0 Å². The summed E-state index contributed by atoms with van der Waals surface area (Å²) in [6, 6.07) is 19.4. The molecule has 0 aliphatic rings. The second-order valence-corrected chi connectivity index (χ2v) is 7.34. The predicted molar refractivity (Wildman–Crippen MR) is 115 cm³/mol. The first kappa shape index (κ1) is 19.8. The lowest BCUT2D eigenvalue weighted by atomic mass is 10.2. The summed E-state index contributed by atoms with van der Waals surface area (Å²) in [5, 5.41) is 10.8. The molecule has 30 heavy (non-hydrogen) atoms. The molecule has 0 aliphatic carbocycles. The number of pyridine rings is 1. The lowest BCUT2D eigenvalue weighted by Gasteiger charge is -2.13. The number of carbonyl (C=O) groups is 1. The minimum atomic E-state index is -1.02. The maximum absolute atomic E-state index is 11.9. The lowest BCUT2D eigenvalue weighted by Crippen LogP contribution is -2.07. The normalized spacial score (nSPS) is 11.1. The fraction of sp³-hybridized carbons (Fsp3) is 0.130. The third-order valence-corrected chi connectivity index (χ3v) is 4.58. The monoisotopic (exact) mass is 422 g/mol. The molecule has 6 nitrogen and oxygen atoms in total. The van der Waals surface area contributed by atoms with Gasteiger partial charge in [-0.15, -0.1) is 0 Å². The summed E-state index contributed by atoms with van der Waals surface area (Å²) in [6.07, 6.45) is 0.0534.